The minimum absolute atomic E-state index is 0.317. The van der Waals surface area contributed by atoms with E-state index >= 15 is 0 Å². The molecule has 0 aliphatic rings. The van der Waals surface area contributed by atoms with Gasteiger partial charge in [0.2, 0.25) is 0 Å². The lowest BCUT2D eigenvalue weighted by atomic mass is 9.77. The highest BCUT2D eigenvalue weighted by atomic mass is 32.1. The number of fused-ring (bicyclic) bond motifs is 1. The predicted octanol–water partition coefficient (Wildman–Crippen LogP) is 1.03. The normalized spacial score (nSPS) is 10.9. The first-order chi connectivity index (χ1) is 6.61. The maximum absolute atomic E-state index is 13.3. The molecule has 1 aromatic heterocycles. The van der Waals surface area contributed by atoms with Crippen LogP contribution >= 0.6 is 11.3 Å². The average molecular weight is 210 g/mol. The van der Waals surface area contributed by atoms with Gasteiger partial charge in [0.25, 0.3) is 0 Å². The van der Waals surface area contributed by atoms with Gasteiger partial charge < -0.3 is 10.0 Å². The third-order valence-electron chi connectivity index (χ3n) is 2.17. The van der Waals surface area contributed by atoms with Crippen LogP contribution < -0.4 is 5.46 Å². The molecule has 0 spiro atoms. The zero-order valence-electron chi connectivity index (χ0n) is 7.49. The molecule has 0 bridgehead atoms. The van der Waals surface area contributed by atoms with Crippen LogP contribution in [0.2, 0.25) is 0 Å². The molecule has 14 heavy (non-hydrogen) atoms. The van der Waals surface area contributed by atoms with Crippen LogP contribution in [0.3, 0.4) is 0 Å². The largest absolute Gasteiger partial charge is 0.489 e. The smallest absolute Gasteiger partial charge is 0.423 e. The fourth-order valence-corrected chi connectivity index (χ4v) is 2.51. The van der Waals surface area contributed by atoms with Gasteiger partial charge in [-0.15, -0.1) is 11.3 Å². The van der Waals surface area contributed by atoms with Crippen molar-refractivity contribution >= 4 is 34.0 Å². The fourth-order valence-electron chi connectivity index (χ4n) is 1.52. The van der Waals surface area contributed by atoms with Crippen LogP contribution in [0, 0.1) is 12.7 Å². The molecule has 0 saturated carbocycles. The molecule has 72 valence electrons. The van der Waals surface area contributed by atoms with Crippen LogP contribution in [0.1, 0.15) is 5.56 Å². The highest BCUT2D eigenvalue weighted by Crippen LogP contribution is 2.26. The van der Waals surface area contributed by atoms with E-state index in [0.29, 0.717) is 15.5 Å². The van der Waals surface area contributed by atoms with Gasteiger partial charge in [-0.05, 0) is 34.8 Å². The summed E-state index contributed by atoms with van der Waals surface area (Å²) in [5.41, 5.74) is 1.23. The summed E-state index contributed by atoms with van der Waals surface area (Å²) in [5.74, 6) is -0.317. The van der Waals surface area contributed by atoms with E-state index in [1.807, 2.05) is 6.92 Å². The van der Waals surface area contributed by atoms with Gasteiger partial charge in [0.05, 0.1) is 4.70 Å². The lowest BCUT2D eigenvalue weighted by Gasteiger charge is -2.03. The second-order valence-electron chi connectivity index (χ2n) is 3.13. The van der Waals surface area contributed by atoms with Crippen molar-refractivity contribution in [2.45, 2.75) is 6.92 Å². The molecule has 0 radical (unpaired) electrons. The Bertz CT molecular complexity index is 481. The van der Waals surface area contributed by atoms with E-state index < -0.39 is 7.12 Å². The number of aryl methyl sites for hydroxylation is 1. The molecule has 2 rings (SSSR count). The molecule has 0 unspecified atom stereocenters. The third-order valence-corrected chi connectivity index (χ3v) is 3.27. The molecule has 0 atom stereocenters. The van der Waals surface area contributed by atoms with Crippen LogP contribution in [0.15, 0.2) is 17.5 Å². The summed E-state index contributed by atoms with van der Waals surface area (Å²) in [6.45, 7) is 1.82. The Morgan fingerprint density at radius 3 is 2.71 bits per heavy atom. The van der Waals surface area contributed by atoms with Gasteiger partial charge in [-0.1, -0.05) is 6.07 Å². The minimum Gasteiger partial charge on any atom is -0.423 e. The van der Waals surface area contributed by atoms with Crippen LogP contribution in [0.25, 0.3) is 10.1 Å². The predicted molar refractivity (Wildman–Crippen MR) is 56.3 cm³/mol. The van der Waals surface area contributed by atoms with Crippen molar-refractivity contribution < 1.29 is 14.4 Å². The first-order valence-corrected chi connectivity index (χ1v) is 5.01. The number of hydrogen-bond donors (Lipinski definition) is 2. The Morgan fingerprint density at radius 2 is 2.07 bits per heavy atom. The SMILES string of the molecule is Cc1csc2c(F)ccc(B(O)O)c12. The minimum atomic E-state index is -1.55. The topological polar surface area (TPSA) is 40.5 Å². The molecular formula is C9H8BFO2S. The van der Waals surface area contributed by atoms with Gasteiger partial charge >= 0.3 is 7.12 Å². The molecule has 1 aromatic carbocycles. The van der Waals surface area contributed by atoms with Crippen molar-refractivity contribution in [3.05, 3.63) is 28.9 Å². The van der Waals surface area contributed by atoms with E-state index in [4.69, 9.17) is 10.0 Å². The number of halogens is 1. The van der Waals surface area contributed by atoms with Gasteiger partial charge in [0, 0.05) is 0 Å². The standard InChI is InChI=1S/C9H8BFO2S/c1-5-4-14-9-7(11)3-2-6(8(5)9)10(12)13/h2-4,12-13H,1H3. The molecule has 2 nitrogen and oxygen atoms in total. The number of hydrogen-bond acceptors (Lipinski definition) is 3. The molecule has 0 aliphatic heterocycles. The summed E-state index contributed by atoms with van der Waals surface area (Å²) in [7, 11) is -1.55. The molecule has 1 heterocycles. The van der Waals surface area contributed by atoms with Gasteiger partial charge in [-0.3, -0.25) is 0 Å². The van der Waals surface area contributed by atoms with Gasteiger partial charge in [-0.25, -0.2) is 4.39 Å². The Kier molecular flexibility index (Phi) is 2.30. The molecule has 5 heteroatoms. The Balaban J connectivity index is 2.85. The first kappa shape index (κ1) is 9.64. The number of rotatable bonds is 1. The summed E-state index contributed by atoms with van der Waals surface area (Å²) in [4.78, 5) is 0. The number of benzene rings is 1. The molecular weight excluding hydrogens is 202 g/mol. The molecule has 0 amide bonds. The van der Waals surface area contributed by atoms with E-state index in [1.54, 1.807) is 5.38 Å². The van der Waals surface area contributed by atoms with Crippen LogP contribution in [0.5, 0.6) is 0 Å². The average Bonchev–Trinajstić information content (AvgIpc) is 2.50. The van der Waals surface area contributed by atoms with E-state index in [1.165, 1.54) is 23.5 Å². The molecule has 0 saturated heterocycles. The Labute approximate surface area is 84.8 Å². The van der Waals surface area contributed by atoms with Crippen molar-refractivity contribution in [3.63, 3.8) is 0 Å². The highest BCUT2D eigenvalue weighted by molar-refractivity contribution is 7.17. The van der Waals surface area contributed by atoms with Crippen LogP contribution in [-0.2, 0) is 0 Å². The quantitative estimate of drug-likeness (QED) is 0.690. The Morgan fingerprint density at radius 1 is 1.36 bits per heavy atom. The molecule has 0 aliphatic carbocycles. The van der Waals surface area contributed by atoms with Crippen LogP contribution in [-0.4, -0.2) is 17.2 Å². The van der Waals surface area contributed by atoms with E-state index in [-0.39, 0.29) is 5.82 Å². The molecule has 2 N–H and O–H groups in total. The van der Waals surface area contributed by atoms with E-state index in [9.17, 15) is 4.39 Å². The first-order valence-electron chi connectivity index (χ1n) is 4.13. The zero-order valence-corrected chi connectivity index (χ0v) is 8.31. The highest BCUT2D eigenvalue weighted by Gasteiger charge is 2.18. The number of thiophene rings is 1. The van der Waals surface area contributed by atoms with Gasteiger partial charge in [0.1, 0.15) is 5.82 Å². The van der Waals surface area contributed by atoms with Crippen LogP contribution in [0.4, 0.5) is 4.39 Å². The van der Waals surface area contributed by atoms with Crippen molar-refractivity contribution in [2.24, 2.45) is 0 Å². The lowest BCUT2D eigenvalue weighted by Crippen LogP contribution is -2.30. The second kappa shape index (κ2) is 3.35. The van der Waals surface area contributed by atoms with E-state index in [0.717, 1.165) is 5.56 Å². The summed E-state index contributed by atoms with van der Waals surface area (Å²) < 4.78 is 13.8. The third kappa shape index (κ3) is 1.34. The van der Waals surface area contributed by atoms with Crippen molar-refractivity contribution in [1.82, 2.24) is 0 Å². The summed E-state index contributed by atoms with van der Waals surface area (Å²) in [6, 6.07) is 2.66. The second-order valence-corrected chi connectivity index (χ2v) is 4.01. The van der Waals surface area contributed by atoms with Crippen molar-refractivity contribution in [1.29, 1.82) is 0 Å². The zero-order chi connectivity index (χ0) is 10.3. The monoisotopic (exact) mass is 210 g/mol. The lowest BCUT2D eigenvalue weighted by molar-refractivity contribution is 0.426. The summed E-state index contributed by atoms with van der Waals surface area (Å²) >= 11 is 1.27. The maximum Gasteiger partial charge on any atom is 0.489 e. The van der Waals surface area contributed by atoms with Crippen molar-refractivity contribution in [2.75, 3.05) is 0 Å². The fraction of sp³-hybridized carbons (Fsp3) is 0.111. The van der Waals surface area contributed by atoms with Gasteiger partial charge in [-0.2, -0.15) is 0 Å². The molecule has 2 aromatic rings. The van der Waals surface area contributed by atoms with Crippen molar-refractivity contribution in [3.8, 4) is 0 Å². The summed E-state index contributed by atoms with van der Waals surface area (Å²) in [5, 5.41) is 20.6. The van der Waals surface area contributed by atoms with E-state index in [2.05, 4.69) is 0 Å². The molecule has 0 fully saturated rings. The Hall–Kier alpha value is -0.905. The summed E-state index contributed by atoms with van der Waals surface area (Å²) in [6.07, 6.45) is 0. The van der Waals surface area contributed by atoms with Gasteiger partial charge in [0.15, 0.2) is 0 Å². The maximum atomic E-state index is 13.3.